The Hall–Kier alpha value is -2.04. The maximum Gasteiger partial charge on any atom is 0.294 e. The summed E-state index contributed by atoms with van der Waals surface area (Å²) in [5.74, 6) is 0.819. The Balaban J connectivity index is 1.81. The number of nitrogens with zero attached hydrogens (tertiary/aromatic N) is 2. The first-order valence-electron chi connectivity index (χ1n) is 8.13. The van der Waals surface area contributed by atoms with Crippen LogP contribution in [0.5, 0.6) is 6.01 Å². The average Bonchev–Trinajstić information content (AvgIpc) is 3.23. The van der Waals surface area contributed by atoms with Crippen molar-refractivity contribution < 1.29 is 9.53 Å². The van der Waals surface area contributed by atoms with E-state index in [4.69, 9.17) is 4.74 Å². The highest BCUT2D eigenvalue weighted by Gasteiger charge is 2.27. The van der Waals surface area contributed by atoms with Gasteiger partial charge in [-0.3, -0.25) is 4.79 Å². The van der Waals surface area contributed by atoms with Crippen LogP contribution < -0.4 is 4.74 Å². The van der Waals surface area contributed by atoms with E-state index in [-0.39, 0.29) is 5.91 Å². The lowest BCUT2D eigenvalue weighted by Crippen LogP contribution is -2.33. The molecule has 1 fully saturated rings. The van der Waals surface area contributed by atoms with E-state index < -0.39 is 0 Å². The van der Waals surface area contributed by atoms with E-state index >= 15 is 0 Å². The molecule has 1 aliphatic rings. The molecule has 118 valence electrons. The molecule has 1 aliphatic carbocycles. The first-order chi connectivity index (χ1) is 10.7. The van der Waals surface area contributed by atoms with Crippen molar-refractivity contribution in [2.75, 3.05) is 19.7 Å². The molecular weight excluding hydrogens is 278 g/mol. The second kappa shape index (κ2) is 6.38. The van der Waals surface area contributed by atoms with Crippen LogP contribution in [0.4, 0.5) is 0 Å². The van der Waals surface area contributed by atoms with Crippen molar-refractivity contribution >= 4 is 16.9 Å². The van der Waals surface area contributed by atoms with Gasteiger partial charge in [0.15, 0.2) is 0 Å². The molecule has 2 aromatic rings. The third-order valence-electron chi connectivity index (χ3n) is 3.94. The molecule has 0 spiro atoms. The van der Waals surface area contributed by atoms with Gasteiger partial charge in [-0.05, 0) is 50.3 Å². The second-order valence-corrected chi connectivity index (χ2v) is 5.90. The number of aromatic nitrogens is 2. The third kappa shape index (κ3) is 3.24. The standard InChI is InChI=1S/C17H23N3O2/c1-3-9-20(11-12-5-6-12)16(21)13-7-8-14-15(10-13)19-17(18-14)22-4-2/h7-8,10,12H,3-6,9,11H2,1-2H3,(H,18,19). The van der Waals surface area contributed by atoms with Gasteiger partial charge in [-0.25, -0.2) is 0 Å². The fourth-order valence-electron chi connectivity index (χ4n) is 2.66. The Morgan fingerprint density at radius 1 is 1.41 bits per heavy atom. The van der Waals surface area contributed by atoms with Crippen LogP contribution in [0, 0.1) is 5.92 Å². The van der Waals surface area contributed by atoms with Crippen molar-refractivity contribution in [3.63, 3.8) is 0 Å². The highest BCUT2D eigenvalue weighted by atomic mass is 16.5. The van der Waals surface area contributed by atoms with Crippen molar-refractivity contribution in [2.24, 2.45) is 5.92 Å². The lowest BCUT2D eigenvalue weighted by Gasteiger charge is -2.22. The molecule has 1 N–H and O–H groups in total. The molecule has 3 rings (SSSR count). The molecule has 5 heteroatoms. The Labute approximate surface area is 130 Å². The van der Waals surface area contributed by atoms with Crippen molar-refractivity contribution in [2.45, 2.75) is 33.1 Å². The van der Waals surface area contributed by atoms with E-state index in [9.17, 15) is 4.79 Å². The quantitative estimate of drug-likeness (QED) is 0.854. The number of imidazole rings is 1. The molecule has 0 unspecified atom stereocenters. The van der Waals surface area contributed by atoms with E-state index in [2.05, 4.69) is 16.9 Å². The van der Waals surface area contributed by atoms with Crippen molar-refractivity contribution in [3.05, 3.63) is 23.8 Å². The predicted octanol–water partition coefficient (Wildman–Crippen LogP) is 3.22. The number of nitrogens with one attached hydrogen (secondary N) is 1. The van der Waals surface area contributed by atoms with Gasteiger partial charge in [-0.15, -0.1) is 0 Å². The van der Waals surface area contributed by atoms with Crippen molar-refractivity contribution in [1.29, 1.82) is 0 Å². The molecule has 0 saturated heterocycles. The predicted molar refractivity (Wildman–Crippen MR) is 86.2 cm³/mol. The largest absolute Gasteiger partial charge is 0.465 e. The number of carbonyl (C=O) groups excluding carboxylic acids is 1. The number of benzene rings is 1. The van der Waals surface area contributed by atoms with Crippen LogP contribution in [0.2, 0.25) is 0 Å². The molecule has 0 radical (unpaired) electrons. The normalized spacial score (nSPS) is 14.3. The molecular formula is C17H23N3O2. The Bertz CT molecular complexity index is 661. The summed E-state index contributed by atoms with van der Waals surface area (Å²) in [5.41, 5.74) is 2.38. The molecule has 5 nitrogen and oxygen atoms in total. The first kappa shape index (κ1) is 14.9. The van der Waals surface area contributed by atoms with E-state index in [0.29, 0.717) is 24.1 Å². The number of rotatable bonds is 7. The van der Waals surface area contributed by atoms with Gasteiger partial charge in [-0.2, -0.15) is 4.98 Å². The van der Waals surface area contributed by atoms with E-state index in [0.717, 1.165) is 30.5 Å². The first-order valence-corrected chi connectivity index (χ1v) is 8.13. The zero-order valence-corrected chi connectivity index (χ0v) is 13.3. The summed E-state index contributed by atoms with van der Waals surface area (Å²) in [4.78, 5) is 22.2. The molecule has 0 atom stereocenters. The van der Waals surface area contributed by atoms with Crippen LogP contribution in [0.25, 0.3) is 11.0 Å². The monoisotopic (exact) mass is 301 g/mol. The maximum atomic E-state index is 12.7. The molecule has 1 aromatic heterocycles. The number of H-pyrrole nitrogens is 1. The fourth-order valence-corrected chi connectivity index (χ4v) is 2.66. The van der Waals surface area contributed by atoms with Crippen LogP contribution in [0.1, 0.15) is 43.5 Å². The van der Waals surface area contributed by atoms with Crippen LogP contribution in [0.15, 0.2) is 18.2 Å². The van der Waals surface area contributed by atoms with Gasteiger partial charge in [0.2, 0.25) is 0 Å². The molecule has 0 aliphatic heterocycles. The van der Waals surface area contributed by atoms with E-state index in [1.807, 2.05) is 30.0 Å². The minimum Gasteiger partial charge on any atom is -0.465 e. The van der Waals surface area contributed by atoms with Gasteiger partial charge >= 0.3 is 0 Å². The van der Waals surface area contributed by atoms with Crippen LogP contribution >= 0.6 is 0 Å². The van der Waals surface area contributed by atoms with E-state index in [1.54, 1.807) is 0 Å². The Morgan fingerprint density at radius 2 is 2.23 bits per heavy atom. The molecule has 1 aromatic carbocycles. The minimum absolute atomic E-state index is 0.114. The summed E-state index contributed by atoms with van der Waals surface area (Å²) in [6.45, 7) is 6.30. The topological polar surface area (TPSA) is 58.2 Å². The Morgan fingerprint density at radius 3 is 2.91 bits per heavy atom. The van der Waals surface area contributed by atoms with Crippen molar-refractivity contribution in [1.82, 2.24) is 14.9 Å². The van der Waals surface area contributed by atoms with Crippen LogP contribution in [-0.4, -0.2) is 40.5 Å². The number of carbonyl (C=O) groups is 1. The number of fused-ring (bicyclic) bond motifs is 1. The molecule has 22 heavy (non-hydrogen) atoms. The Kier molecular flexibility index (Phi) is 4.32. The zero-order valence-electron chi connectivity index (χ0n) is 13.3. The SMILES string of the molecule is CCCN(CC1CC1)C(=O)c1ccc2nc(OCC)[nH]c2c1. The molecule has 0 bridgehead atoms. The summed E-state index contributed by atoms with van der Waals surface area (Å²) >= 11 is 0. The second-order valence-electron chi connectivity index (χ2n) is 5.90. The van der Waals surface area contributed by atoms with Gasteiger partial charge in [-0.1, -0.05) is 6.92 Å². The van der Waals surface area contributed by atoms with Crippen molar-refractivity contribution in [3.8, 4) is 6.01 Å². The van der Waals surface area contributed by atoms with Gasteiger partial charge in [0.05, 0.1) is 17.6 Å². The number of hydrogen-bond donors (Lipinski definition) is 1. The molecule has 1 amide bonds. The maximum absolute atomic E-state index is 12.7. The van der Waals surface area contributed by atoms with Gasteiger partial charge < -0.3 is 14.6 Å². The smallest absolute Gasteiger partial charge is 0.294 e. The summed E-state index contributed by atoms with van der Waals surface area (Å²) in [6, 6.07) is 6.12. The third-order valence-corrected chi connectivity index (χ3v) is 3.94. The zero-order chi connectivity index (χ0) is 15.5. The lowest BCUT2D eigenvalue weighted by atomic mass is 10.1. The number of hydrogen-bond acceptors (Lipinski definition) is 3. The number of ether oxygens (including phenoxy) is 1. The van der Waals surface area contributed by atoms with E-state index in [1.165, 1.54) is 12.8 Å². The summed E-state index contributed by atoms with van der Waals surface area (Å²) in [5, 5.41) is 0. The fraction of sp³-hybridized carbons (Fsp3) is 0.529. The number of aromatic amines is 1. The molecule has 1 saturated carbocycles. The summed E-state index contributed by atoms with van der Waals surface area (Å²) in [7, 11) is 0. The van der Waals surface area contributed by atoms with Gasteiger partial charge in [0.25, 0.3) is 11.9 Å². The van der Waals surface area contributed by atoms with Gasteiger partial charge in [0, 0.05) is 18.7 Å². The highest BCUT2D eigenvalue weighted by molar-refractivity contribution is 5.97. The van der Waals surface area contributed by atoms with Gasteiger partial charge in [0.1, 0.15) is 0 Å². The lowest BCUT2D eigenvalue weighted by molar-refractivity contribution is 0.0748. The van der Waals surface area contributed by atoms with Crippen LogP contribution in [0.3, 0.4) is 0 Å². The highest BCUT2D eigenvalue weighted by Crippen LogP contribution is 2.30. The summed E-state index contributed by atoms with van der Waals surface area (Å²) < 4.78 is 5.38. The number of amides is 1. The summed E-state index contributed by atoms with van der Waals surface area (Å²) in [6.07, 6.45) is 3.49. The average molecular weight is 301 g/mol. The minimum atomic E-state index is 0.114. The molecule has 1 heterocycles. The van der Waals surface area contributed by atoms with Crippen LogP contribution in [-0.2, 0) is 0 Å².